The van der Waals surface area contributed by atoms with E-state index in [0.29, 0.717) is 52.3 Å². The number of unbranched alkanes of at least 4 members (excludes halogenated alkanes) is 1. The van der Waals surface area contributed by atoms with Crippen LogP contribution < -0.4 is 10.5 Å². The minimum absolute atomic E-state index is 0.00166. The average molecular weight is 501 g/mol. The number of rotatable bonds is 12. The number of hydrogen-bond donors (Lipinski definition) is 2. The third-order valence-corrected chi connectivity index (χ3v) is 7.86. The molecule has 0 aromatic heterocycles. The summed E-state index contributed by atoms with van der Waals surface area (Å²) >= 11 is 0. The van der Waals surface area contributed by atoms with Gasteiger partial charge >= 0.3 is 5.97 Å². The maximum atomic E-state index is 13.4. The van der Waals surface area contributed by atoms with Gasteiger partial charge in [0.2, 0.25) is 11.8 Å². The summed E-state index contributed by atoms with van der Waals surface area (Å²) in [4.78, 5) is 44.2. The molecule has 36 heavy (non-hydrogen) atoms. The number of carboxylic acids is 1. The number of carboxylic acid groups (broad SMARTS) is 1. The van der Waals surface area contributed by atoms with Crippen LogP contribution in [0, 0.1) is 5.92 Å². The summed E-state index contributed by atoms with van der Waals surface area (Å²) in [6, 6.07) is 5.54. The van der Waals surface area contributed by atoms with Crippen molar-refractivity contribution in [3.63, 3.8) is 0 Å². The molecule has 2 fully saturated rings. The van der Waals surface area contributed by atoms with E-state index in [9.17, 15) is 19.5 Å². The van der Waals surface area contributed by atoms with Crippen molar-refractivity contribution in [1.29, 1.82) is 0 Å². The predicted molar refractivity (Wildman–Crippen MR) is 136 cm³/mol. The van der Waals surface area contributed by atoms with E-state index >= 15 is 0 Å². The Balaban J connectivity index is 1.60. The Hall–Kier alpha value is -2.65. The standard InChI is InChI=1S/C27H40N4O5/c1-2-3-11-29(13-5-10-28)25(33)18-31-16-21(19-7-8-23-20(15-19)9-14-36-23)26(27(34)35)22(31)17-30-12-4-6-24(30)32/h7-8,15,21-22,26H,2-6,9-14,16-18,28H2,1H3,(H,34,35). The van der Waals surface area contributed by atoms with Crippen molar-refractivity contribution in [2.75, 3.05) is 52.4 Å². The highest BCUT2D eigenvalue weighted by Gasteiger charge is 2.48. The van der Waals surface area contributed by atoms with Gasteiger partial charge in [-0.2, -0.15) is 0 Å². The van der Waals surface area contributed by atoms with Crippen molar-refractivity contribution in [3.8, 4) is 5.75 Å². The Morgan fingerprint density at radius 1 is 1.22 bits per heavy atom. The first-order valence-electron chi connectivity index (χ1n) is 13.4. The molecule has 1 aromatic carbocycles. The number of carbonyl (C=O) groups is 3. The lowest BCUT2D eigenvalue weighted by atomic mass is 9.84. The number of ether oxygens (including phenoxy) is 1. The second-order valence-electron chi connectivity index (χ2n) is 10.3. The topological polar surface area (TPSA) is 116 Å². The summed E-state index contributed by atoms with van der Waals surface area (Å²) in [5, 5.41) is 10.4. The summed E-state index contributed by atoms with van der Waals surface area (Å²) in [6.07, 6.45) is 4.75. The molecule has 4 rings (SSSR count). The largest absolute Gasteiger partial charge is 0.493 e. The highest BCUT2D eigenvalue weighted by molar-refractivity contribution is 5.80. The number of benzene rings is 1. The van der Waals surface area contributed by atoms with Gasteiger partial charge in [0, 0.05) is 57.5 Å². The fourth-order valence-corrected chi connectivity index (χ4v) is 5.88. The van der Waals surface area contributed by atoms with E-state index in [4.69, 9.17) is 10.5 Å². The molecule has 3 N–H and O–H groups in total. The molecule has 9 nitrogen and oxygen atoms in total. The van der Waals surface area contributed by atoms with Crippen molar-refractivity contribution >= 4 is 17.8 Å². The Labute approximate surface area is 213 Å². The Morgan fingerprint density at radius 3 is 2.72 bits per heavy atom. The third-order valence-electron chi connectivity index (χ3n) is 7.86. The lowest BCUT2D eigenvalue weighted by molar-refractivity contribution is -0.144. The fraction of sp³-hybridized carbons (Fsp3) is 0.667. The van der Waals surface area contributed by atoms with Gasteiger partial charge in [0.25, 0.3) is 0 Å². The third kappa shape index (κ3) is 5.83. The number of nitrogens with zero attached hydrogens (tertiary/aromatic N) is 3. The van der Waals surface area contributed by atoms with E-state index in [2.05, 4.69) is 13.0 Å². The molecular formula is C27H40N4O5. The maximum absolute atomic E-state index is 13.4. The molecule has 2 saturated heterocycles. The zero-order valence-electron chi connectivity index (χ0n) is 21.4. The van der Waals surface area contributed by atoms with E-state index in [0.717, 1.165) is 49.0 Å². The van der Waals surface area contributed by atoms with Crippen LogP contribution in [-0.4, -0.2) is 96.1 Å². The lowest BCUT2D eigenvalue weighted by Crippen LogP contribution is -2.49. The summed E-state index contributed by atoms with van der Waals surface area (Å²) in [6.45, 7) is 6.13. The molecule has 2 amide bonds. The first-order valence-corrected chi connectivity index (χ1v) is 13.4. The molecule has 3 aliphatic heterocycles. The first kappa shape index (κ1) is 26.4. The van der Waals surface area contributed by atoms with E-state index in [1.165, 1.54) is 0 Å². The molecule has 0 radical (unpaired) electrons. The molecule has 3 aliphatic rings. The predicted octanol–water partition coefficient (Wildman–Crippen LogP) is 1.69. The highest BCUT2D eigenvalue weighted by atomic mass is 16.5. The molecule has 0 spiro atoms. The second kappa shape index (κ2) is 12.1. The Morgan fingerprint density at radius 2 is 2.03 bits per heavy atom. The molecule has 0 aliphatic carbocycles. The van der Waals surface area contributed by atoms with Gasteiger partial charge in [0.15, 0.2) is 0 Å². The minimum atomic E-state index is -0.880. The van der Waals surface area contributed by atoms with E-state index in [1.807, 2.05) is 21.9 Å². The first-order chi connectivity index (χ1) is 17.4. The molecule has 0 bridgehead atoms. The normalized spacial score (nSPS) is 23.7. The molecule has 3 atom stereocenters. The van der Waals surface area contributed by atoms with Crippen molar-refractivity contribution in [2.24, 2.45) is 11.7 Å². The van der Waals surface area contributed by atoms with E-state index in [1.54, 1.807) is 4.90 Å². The summed E-state index contributed by atoms with van der Waals surface area (Å²) < 4.78 is 5.65. The number of aliphatic carboxylic acids is 1. The number of likely N-dealkylation sites (tertiary alicyclic amines) is 2. The SMILES string of the molecule is CCCCN(CCCN)C(=O)CN1CC(c2ccc3c(c2)CCO3)C(C(=O)O)C1CN1CCCC1=O. The van der Waals surface area contributed by atoms with Crippen LogP contribution in [0.15, 0.2) is 18.2 Å². The number of hydrogen-bond acceptors (Lipinski definition) is 6. The average Bonchev–Trinajstić information content (AvgIpc) is 3.58. The highest BCUT2D eigenvalue weighted by Crippen LogP contribution is 2.40. The van der Waals surface area contributed by atoms with Crippen molar-refractivity contribution in [2.45, 2.75) is 57.4 Å². The van der Waals surface area contributed by atoms with E-state index < -0.39 is 17.9 Å². The van der Waals surface area contributed by atoms with Crippen LogP contribution in [-0.2, 0) is 20.8 Å². The van der Waals surface area contributed by atoms with Crippen molar-refractivity contribution in [1.82, 2.24) is 14.7 Å². The zero-order chi connectivity index (χ0) is 25.7. The van der Waals surface area contributed by atoms with Crippen molar-refractivity contribution < 1.29 is 24.2 Å². The Kier molecular flexibility index (Phi) is 8.85. The summed E-state index contributed by atoms with van der Waals surface area (Å²) in [5.41, 5.74) is 7.77. The van der Waals surface area contributed by atoms with Gasteiger partial charge in [-0.15, -0.1) is 0 Å². The van der Waals surface area contributed by atoms with Crippen molar-refractivity contribution in [3.05, 3.63) is 29.3 Å². The number of nitrogens with two attached hydrogens (primary N) is 1. The van der Waals surface area contributed by atoms with Gasteiger partial charge in [-0.05, 0) is 43.0 Å². The quantitative estimate of drug-likeness (QED) is 0.449. The minimum Gasteiger partial charge on any atom is -0.493 e. The van der Waals surface area contributed by atoms with Gasteiger partial charge < -0.3 is 25.4 Å². The number of amides is 2. The van der Waals surface area contributed by atoms with Gasteiger partial charge in [-0.3, -0.25) is 19.3 Å². The molecule has 0 saturated carbocycles. The van der Waals surface area contributed by atoms with Gasteiger partial charge in [0.05, 0.1) is 19.1 Å². The van der Waals surface area contributed by atoms with Crippen LogP contribution in [0.5, 0.6) is 5.75 Å². The Bertz CT molecular complexity index is 946. The fourth-order valence-electron chi connectivity index (χ4n) is 5.88. The van der Waals surface area contributed by atoms with Crippen LogP contribution in [0.2, 0.25) is 0 Å². The van der Waals surface area contributed by atoms with Gasteiger partial charge in [-0.25, -0.2) is 0 Å². The maximum Gasteiger partial charge on any atom is 0.308 e. The second-order valence-corrected chi connectivity index (χ2v) is 10.3. The molecule has 3 heterocycles. The molecular weight excluding hydrogens is 460 g/mol. The van der Waals surface area contributed by atoms with Crippen LogP contribution in [0.3, 0.4) is 0 Å². The molecule has 9 heteroatoms. The zero-order valence-corrected chi connectivity index (χ0v) is 21.4. The number of fused-ring (bicyclic) bond motifs is 1. The molecule has 3 unspecified atom stereocenters. The smallest absolute Gasteiger partial charge is 0.308 e. The van der Waals surface area contributed by atoms with Crippen LogP contribution in [0.25, 0.3) is 0 Å². The van der Waals surface area contributed by atoms with Crippen LogP contribution in [0.4, 0.5) is 0 Å². The molecule has 1 aromatic rings. The molecule has 198 valence electrons. The summed E-state index contributed by atoms with van der Waals surface area (Å²) in [7, 11) is 0. The van der Waals surface area contributed by atoms with E-state index in [-0.39, 0.29) is 24.3 Å². The summed E-state index contributed by atoms with van der Waals surface area (Å²) in [5.74, 6) is -0.926. The number of carbonyl (C=O) groups excluding carboxylic acids is 2. The van der Waals surface area contributed by atoms with Crippen LogP contribution >= 0.6 is 0 Å². The van der Waals surface area contributed by atoms with Gasteiger partial charge in [0.1, 0.15) is 5.75 Å². The van der Waals surface area contributed by atoms with Crippen LogP contribution in [0.1, 0.15) is 56.1 Å². The lowest BCUT2D eigenvalue weighted by Gasteiger charge is -2.32. The monoisotopic (exact) mass is 500 g/mol. The van der Waals surface area contributed by atoms with Gasteiger partial charge in [-0.1, -0.05) is 25.5 Å².